The van der Waals surface area contributed by atoms with E-state index < -0.39 is 0 Å². The number of halogens is 1. The third-order valence-electron chi connectivity index (χ3n) is 1.62. The number of nitriles is 1. The first-order valence-electron chi connectivity index (χ1n) is 3.50. The second-order valence-corrected chi connectivity index (χ2v) is 2.89. The maximum Gasteiger partial charge on any atom is 0.161 e. The van der Waals surface area contributed by atoms with E-state index in [4.69, 9.17) is 16.9 Å². The third kappa shape index (κ3) is 1.63. The van der Waals surface area contributed by atoms with Crippen molar-refractivity contribution in [2.75, 3.05) is 0 Å². The fourth-order valence-corrected chi connectivity index (χ4v) is 1.13. The Morgan fingerprint density at radius 3 is 2.69 bits per heavy atom. The van der Waals surface area contributed by atoms with Gasteiger partial charge in [0.25, 0.3) is 0 Å². The molecule has 1 aromatic rings. The Hall–Kier alpha value is -1.53. The van der Waals surface area contributed by atoms with Gasteiger partial charge in [0.15, 0.2) is 11.5 Å². The number of phenolic OH excluding ortho intramolecular Hbond substituents is 1. The van der Waals surface area contributed by atoms with Crippen LogP contribution in [0, 0.1) is 11.3 Å². The molecule has 0 bridgehead atoms. The molecular formula is C9H6ClNO2. The molecule has 0 aliphatic carbocycles. The van der Waals surface area contributed by atoms with Crippen molar-refractivity contribution in [3.63, 3.8) is 0 Å². The molecule has 0 fully saturated rings. The lowest BCUT2D eigenvalue weighted by Gasteiger charge is -2.02. The fourth-order valence-electron chi connectivity index (χ4n) is 0.972. The second-order valence-electron chi connectivity index (χ2n) is 2.49. The van der Waals surface area contributed by atoms with Crippen LogP contribution < -0.4 is 0 Å². The van der Waals surface area contributed by atoms with E-state index in [0.29, 0.717) is 0 Å². The van der Waals surface area contributed by atoms with Crippen LogP contribution in [0.15, 0.2) is 12.1 Å². The number of benzene rings is 1. The van der Waals surface area contributed by atoms with Crippen molar-refractivity contribution in [2.45, 2.75) is 6.92 Å². The van der Waals surface area contributed by atoms with E-state index in [1.165, 1.54) is 19.1 Å². The predicted molar refractivity (Wildman–Crippen MR) is 47.8 cm³/mol. The van der Waals surface area contributed by atoms with Gasteiger partial charge in [0, 0.05) is 5.56 Å². The maximum atomic E-state index is 11.0. The number of nitrogens with zero attached hydrogens (tertiary/aromatic N) is 1. The lowest BCUT2D eigenvalue weighted by atomic mass is 10.0. The number of carbonyl (C=O) groups is 1. The topological polar surface area (TPSA) is 61.1 Å². The van der Waals surface area contributed by atoms with Crippen molar-refractivity contribution in [3.8, 4) is 11.8 Å². The predicted octanol–water partition coefficient (Wildman–Crippen LogP) is 2.12. The van der Waals surface area contributed by atoms with Gasteiger partial charge >= 0.3 is 0 Å². The number of Topliss-reactive ketones (excluding diaryl/α,β-unsaturated/α-hetero) is 1. The van der Waals surface area contributed by atoms with Crippen molar-refractivity contribution in [3.05, 3.63) is 28.3 Å². The normalized spacial score (nSPS) is 9.31. The Morgan fingerprint density at radius 2 is 2.23 bits per heavy atom. The van der Waals surface area contributed by atoms with Crippen molar-refractivity contribution in [1.29, 1.82) is 5.26 Å². The highest BCUT2D eigenvalue weighted by atomic mass is 35.5. The summed E-state index contributed by atoms with van der Waals surface area (Å²) in [6.07, 6.45) is 0. The molecule has 1 aromatic carbocycles. The zero-order chi connectivity index (χ0) is 10.0. The van der Waals surface area contributed by atoms with Crippen LogP contribution in [0.5, 0.6) is 5.75 Å². The molecule has 0 atom stereocenters. The fraction of sp³-hybridized carbons (Fsp3) is 0.111. The minimum atomic E-state index is -0.336. The molecule has 13 heavy (non-hydrogen) atoms. The van der Waals surface area contributed by atoms with E-state index in [0.717, 1.165) is 0 Å². The van der Waals surface area contributed by atoms with Crippen LogP contribution in [0.2, 0.25) is 5.02 Å². The largest absolute Gasteiger partial charge is 0.505 e. The van der Waals surface area contributed by atoms with Crippen LogP contribution in [0.1, 0.15) is 22.8 Å². The average molecular weight is 196 g/mol. The van der Waals surface area contributed by atoms with Gasteiger partial charge in [0.1, 0.15) is 11.6 Å². The lowest BCUT2D eigenvalue weighted by Crippen LogP contribution is -1.96. The zero-order valence-corrected chi connectivity index (χ0v) is 7.59. The Balaban J connectivity index is 3.50. The van der Waals surface area contributed by atoms with Gasteiger partial charge in [-0.05, 0) is 19.1 Å². The molecule has 0 saturated heterocycles. The van der Waals surface area contributed by atoms with Gasteiger partial charge in [0.2, 0.25) is 0 Å². The molecule has 3 nitrogen and oxygen atoms in total. The Labute approximate surface area is 80.2 Å². The van der Waals surface area contributed by atoms with E-state index in [-0.39, 0.29) is 27.7 Å². The second kappa shape index (κ2) is 3.46. The molecule has 0 heterocycles. The SMILES string of the molecule is CC(=O)c1ccc(Cl)c(O)c1C#N. The quantitative estimate of drug-likeness (QED) is 0.699. The van der Waals surface area contributed by atoms with Gasteiger partial charge < -0.3 is 5.11 Å². The smallest absolute Gasteiger partial charge is 0.161 e. The summed E-state index contributed by atoms with van der Waals surface area (Å²) in [5.41, 5.74) is 0.115. The van der Waals surface area contributed by atoms with Crippen LogP contribution >= 0.6 is 11.6 Å². The summed E-state index contributed by atoms with van der Waals surface area (Å²) in [6.45, 7) is 1.32. The van der Waals surface area contributed by atoms with Crippen LogP contribution in [0.3, 0.4) is 0 Å². The van der Waals surface area contributed by atoms with Gasteiger partial charge in [0.05, 0.1) is 5.02 Å². The first-order chi connectivity index (χ1) is 6.07. The number of rotatable bonds is 1. The standard InChI is InChI=1S/C9H6ClNO2/c1-5(12)6-2-3-8(10)9(13)7(6)4-11/h2-3,13H,1H3. The Kier molecular flexibility index (Phi) is 2.54. The van der Waals surface area contributed by atoms with Gasteiger partial charge in [-0.2, -0.15) is 5.26 Å². The van der Waals surface area contributed by atoms with E-state index in [1.54, 1.807) is 6.07 Å². The van der Waals surface area contributed by atoms with E-state index >= 15 is 0 Å². The minimum Gasteiger partial charge on any atom is -0.505 e. The van der Waals surface area contributed by atoms with Gasteiger partial charge in [-0.1, -0.05) is 11.6 Å². The first-order valence-corrected chi connectivity index (χ1v) is 3.88. The summed E-state index contributed by atoms with van der Waals surface area (Å²) in [5, 5.41) is 18.0. The highest BCUT2D eigenvalue weighted by molar-refractivity contribution is 6.32. The molecule has 0 spiro atoms. The summed E-state index contributed by atoms with van der Waals surface area (Å²) < 4.78 is 0. The zero-order valence-electron chi connectivity index (χ0n) is 6.84. The molecule has 4 heteroatoms. The van der Waals surface area contributed by atoms with E-state index in [1.807, 2.05) is 0 Å². The first kappa shape index (κ1) is 9.56. The van der Waals surface area contributed by atoms with Crippen LogP contribution in [-0.2, 0) is 0 Å². The molecule has 0 unspecified atom stereocenters. The van der Waals surface area contributed by atoms with Crippen molar-refractivity contribution >= 4 is 17.4 Å². The molecule has 0 saturated carbocycles. The summed E-state index contributed by atoms with van der Waals surface area (Å²) in [7, 11) is 0. The minimum absolute atomic E-state index is 0.0694. The Morgan fingerprint density at radius 1 is 1.62 bits per heavy atom. The molecule has 1 rings (SSSR count). The number of ketones is 1. The highest BCUT2D eigenvalue weighted by Gasteiger charge is 2.13. The number of aromatic hydroxyl groups is 1. The van der Waals surface area contributed by atoms with E-state index in [9.17, 15) is 9.90 Å². The van der Waals surface area contributed by atoms with Crippen molar-refractivity contribution < 1.29 is 9.90 Å². The van der Waals surface area contributed by atoms with Gasteiger partial charge in [-0.15, -0.1) is 0 Å². The summed E-state index contributed by atoms with van der Waals surface area (Å²) >= 11 is 5.56. The molecule has 0 aliphatic heterocycles. The molecule has 0 aliphatic rings. The molecular weight excluding hydrogens is 190 g/mol. The molecule has 66 valence electrons. The van der Waals surface area contributed by atoms with Crippen molar-refractivity contribution in [2.24, 2.45) is 0 Å². The number of hydrogen-bond donors (Lipinski definition) is 1. The van der Waals surface area contributed by atoms with E-state index in [2.05, 4.69) is 0 Å². The van der Waals surface area contributed by atoms with Crippen molar-refractivity contribution in [1.82, 2.24) is 0 Å². The van der Waals surface area contributed by atoms with Gasteiger partial charge in [-0.3, -0.25) is 4.79 Å². The van der Waals surface area contributed by atoms with Crippen LogP contribution in [0.4, 0.5) is 0 Å². The Bertz CT molecular complexity index is 407. The third-order valence-corrected chi connectivity index (χ3v) is 1.92. The lowest BCUT2D eigenvalue weighted by molar-refractivity contribution is 0.101. The van der Waals surface area contributed by atoms with Gasteiger partial charge in [-0.25, -0.2) is 0 Å². The average Bonchev–Trinajstić information content (AvgIpc) is 2.09. The monoisotopic (exact) mass is 195 g/mol. The highest BCUT2D eigenvalue weighted by Crippen LogP contribution is 2.29. The number of hydrogen-bond acceptors (Lipinski definition) is 3. The number of phenols is 1. The van der Waals surface area contributed by atoms with Crippen LogP contribution in [-0.4, -0.2) is 10.9 Å². The molecule has 0 amide bonds. The number of carbonyl (C=O) groups excluding carboxylic acids is 1. The summed E-state index contributed by atoms with van der Waals surface area (Å²) in [5.74, 6) is -0.611. The van der Waals surface area contributed by atoms with Crippen LogP contribution in [0.25, 0.3) is 0 Å². The maximum absolute atomic E-state index is 11.0. The summed E-state index contributed by atoms with van der Waals surface area (Å²) in [4.78, 5) is 11.0. The molecule has 0 aromatic heterocycles. The molecule has 1 N–H and O–H groups in total. The molecule has 0 radical (unpaired) electrons. The summed E-state index contributed by atoms with van der Waals surface area (Å²) in [6, 6.07) is 4.53.